The summed E-state index contributed by atoms with van der Waals surface area (Å²) in [5, 5.41) is 6.37. The van der Waals surface area contributed by atoms with Crippen molar-refractivity contribution < 1.29 is 9.59 Å². The van der Waals surface area contributed by atoms with Gasteiger partial charge in [0.1, 0.15) is 6.04 Å². The minimum Gasteiger partial charge on any atom is -0.339 e. The first-order valence-corrected chi connectivity index (χ1v) is 6.89. The van der Waals surface area contributed by atoms with E-state index in [1.165, 1.54) is 0 Å². The van der Waals surface area contributed by atoms with Crippen LogP contribution in [0.2, 0.25) is 0 Å². The molecular weight excluding hydrogens is 276 g/mol. The van der Waals surface area contributed by atoms with E-state index in [1.54, 1.807) is 30.9 Å². The van der Waals surface area contributed by atoms with Crippen molar-refractivity contribution in [1.29, 1.82) is 0 Å². The Morgan fingerprint density at radius 1 is 1.40 bits per heavy atom. The lowest BCUT2D eigenvalue weighted by atomic mass is 10.2. The van der Waals surface area contributed by atoms with Crippen LogP contribution in [0.1, 0.15) is 22.3 Å². The molecule has 0 aliphatic carbocycles. The summed E-state index contributed by atoms with van der Waals surface area (Å²) in [4.78, 5) is 26.4. The van der Waals surface area contributed by atoms with Crippen molar-refractivity contribution in [2.45, 2.75) is 19.9 Å². The Hall–Kier alpha value is -2.02. The van der Waals surface area contributed by atoms with E-state index in [0.717, 1.165) is 16.4 Å². The van der Waals surface area contributed by atoms with Crippen LogP contribution in [0.25, 0.3) is 0 Å². The van der Waals surface area contributed by atoms with Gasteiger partial charge in [0.2, 0.25) is 5.91 Å². The van der Waals surface area contributed by atoms with Gasteiger partial charge >= 0.3 is 0 Å². The average Bonchev–Trinajstić information content (AvgIpc) is 2.84. The molecule has 0 bridgehead atoms. The minimum absolute atomic E-state index is 0.195. The molecule has 1 heterocycles. The van der Waals surface area contributed by atoms with E-state index in [4.69, 9.17) is 0 Å². The molecule has 0 saturated heterocycles. The molecule has 1 aromatic heterocycles. The van der Waals surface area contributed by atoms with E-state index >= 15 is 0 Å². The van der Waals surface area contributed by atoms with Crippen LogP contribution in [0.5, 0.6) is 0 Å². The first-order valence-electron chi connectivity index (χ1n) is 6.11. The van der Waals surface area contributed by atoms with Gasteiger partial charge in [-0.1, -0.05) is 16.6 Å². The predicted octanol–water partition coefficient (Wildman–Crippen LogP) is 1.17. The van der Waals surface area contributed by atoms with E-state index < -0.39 is 11.9 Å². The van der Waals surface area contributed by atoms with Gasteiger partial charge < -0.3 is 10.2 Å². The van der Waals surface area contributed by atoms with E-state index in [9.17, 15) is 9.59 Å². The second-order valence-electron chi connectivity index (χ2n) is 4.19. The summed E-state index contributed by atoms with van der Waals surface area (Å²) in [6, 6.07) is -0.650. The van der Waals surface area contributed by atoms with Gasteiger partial charge in [0, 0.05) is 13.1 Å². The topological polar surface area (TPSA) is 75.2 Å². The third-order valence-electron chi connectivity index (χ3n) is 2.60. The molecule has 0 aromatic carbocycles. The number of aromatic nitrogens is 2. The number of rotatable bonds is 7. The lowest BCUT2D eigenvalue weighted by Crippen LogP contribution is -2.47. The lowest BCUT2D eigenvalue weighted by Gasteiger charge is -2.23. The standard InChI is InChI=1S/C13H18N4O2S/c1-5-7-17(8-6-2)13(19)9(3)14-12(18)11-10(4)20-16-15-11/h5-6,9H,1-2,7-8H2,3-4H3,(H,14,18). The van der Waals surface area contributed by atoms with Crippen molar-refractivity contribution in [3.8, 4) is 0 Å². The molecule has 7 heteroatoms. The number of hydrogen-bond acceptors (Lipinski definition) is 5. The molecule has 1 N–H and O–H groups in total. The Balaban J connectivity index is 2.69. The van der Waals surface area contributed by atoms with Crippen LogP contribution in [0.3, 0.4) is 0 Å². The fraction of sp³-hybridized carbons (Fsp3) is 0.385. The number of hydrogen-bond donors (Lipinski definition) is 1. The molecule has 1 aromatic rings. The zero-order valence-electron chi connectivity index (χ0n) is 11.6. The van der Waals surface area contributed by atoms with Gasteiger partial charge in [0.25, 0.3) is 5.91 Å². The molecular formula is C13H18N4O2S. The van der Waals surface area contributed by atoms with Gasteiger partial charge in [0.05, 0.1) is 4.88 Å². The van der Waals surface area contributed by atoms with Crippen molar-refractivity contribution in [3.63, 3.8) is 0 Å². The highest BCUT2D eigenvalue weighted by Crippen LogP contribution is 2.08. The number of carbonyl (C=O) groups excluding carboxylic acids is 2. The van der Waals surface area contributed by atoms with Gasteiger partial charge in [-0.05, 0) is 25.4 Å². The number of aryl methyl sites for hydroxylation is 1. The van der Waals surface area contributed by atoms with Crippen LogP contribution >= 0.6 is 11.5 Å². The highest BCUT2D eigenvalue weighted by molar-refractivity contribution is 7.05. The fourth-order valence-electron chi connectivity index (χ4n) is 1.61. The van der Waals surface area contributed by atoms with Crippen LogP contribution in [-0.4, -0.2) is 45.4 Å². The number of nitrogens with zero attached hydrogens (tertiary/aromatic N) is 3. The second-order valence-corrected chi connectivity index (χ2v) is 5.15. The van der Waals surface area contributed by atoms with Gasteiger partial charge in [-0.2, -0.15) is 0 Å². The lowest BCUT2D eigenvalue weighted by molar-refractivity contribution is -0.131. The first kappa shape index (κ1) is 16.0. The molecule has 1 rings (SSSR count). The summed E-state index contributed by atoms with van der Waals surface area (Å²) in [5.41, 5.74) is 0.258. The number of nitrogens with one attached hydrogen (secondary N) is 1. The molecule has 0 saturated carbocycles. The van der Waals surface area contributed by atoms with Gasteiger partial charge in [-0.25, -0.2) is 0 Å². The first-order chi connectivity index (χ1) is 9.51. The largest absolute Gasteiger partial charge is 0.339 e. The molecule has 0 spiro atoms. The smallest absolute Gasteiger partial charge is 0.273 e. The second kappa shape index (κ2) is 7.54. The Morgan fingerprint density at radius 2 is 2.00 bits per heavy atom. The monoisotopic (exact) mass is 294 g/mol. The maximum atomic E-state index is 12.2. The number of carbonyl (C=O) groups is 2. The van der Waals surface area contributed by atoms with Crippen LogP contribution in [0.4, 0.5) is 0 Å². The molecule has 0 radical (unpaired) electrons. The zero-order chi connectivity index (χ0) is 15.1. The third kappa shape index (κ3) is 3.99. The summed E-state index contributed by atoms with van der Waals surface area (Å²) in [6.07, 6.45) is 3.26. The molecule has 0 fully saturated rings. The Kier molecular flexibility index (Phi) is 6.05. The van der Waals surface area contributed by atoms with Crippen molar-refractivity contribution in [1.82, 2.24) is 19.8 Å². The highest BCUT2D eigenvalue weighted by atomic mass is 32.1. The highest BCUT2D eigenvalue weighted by Gasteiger charge is 2.23. The maximum absolute atomic E-state index is 12.2. The predicted molar refractivity (Wildman–Crippen MR) is 78.5 cm³/mol. The van der Waals surface area contributed by atoms with Crippen molar-refractivity contribution in [2.24, 2.45) is 0 Å². The maximum Gasteiger partial charge on any atom is 0.273 e. The van der Waals surface area contributed by atoms with Gasteiger partial charge in [0.15, 0.2) is 5.69 Å². The van der Waals surface area contributed by atoms with Crippen LogP contribution in [0.15, 0.2) is 25.3 Å². The van der Waals surface area contributed by atoms with Crippen LogP contribution < -0.4 is 5.32 Å². The van der Waals surface area contributed by atoms with Crippen LogP contribution in [0, 0.1) is 6.92 Å². The van der Waals surface area contributed by atoms with Gasteiger partial charge in [-0.15, -0.1) is 18.3 Å². The summed E-state index contributed by atoms with van der Waals surface area (Å²) in [5.74, 6) is -0.590. The average molecular weight is 294 g/mol. The van der Waals surface area contributed by atoms with E-state index in [2.05, 4.69) is 28.1 Å². The SMILES string of the molecule is C=CCN(CC=C)C(=O)C(C)NC(=O)c1nnsc1C. The zero-order valence-corrected chi connectivity index (χ0v) is 12.4. The van der Waals surface area contributed by atoms with Gasteiger partial charge in [-0.3, -0.25) is 9.59 Å². The summed E-state index contributed by atoms with van der Waals surface area (Å²) in [7, 11) is 0. The molecule has 1 atom stereocenters. The summed E-state index contributed by atoms with van der Waals surface area (Å²) < 4.78 is 3.70. The van der Waals surface area contributed by atoms with Crippen molar-refractivity contribution in [2.75, 3.05) is 13.1 Å². The van der Waals surface area contributed by atoms with E-state index in [1.807, 2.05) is 0 Å². The molecule has 0 aliphatic heterocycles. The van der Waals surface area contributed by atoms with Crippen molar-refractivity contribution >= 4 is 23.3 Å². The molecule has 108 valence electrons. The quantitative estimate of drug-likeness (QED) is 0.766. The number of amides is 2. The molecule has 0 aliphatic rings. The van der Waals surface area contributed by atoms with E-state index in [-0.39, 0.29) is 11.6 Å². The molecule has 2 amide bonds. The fourth-order valence-corrected chi connectivity index (χ4v) is 2.07. The minimum atomic E-state index is -0.650. The van der Waals surface area contributed by atoms with Crippen LogP contribution in [-0.2, 0) is 4.79 Å². The van der Waals surface area contributed by atoms with E-state index in [0.29, 0.717) is 13.1 Å². The molecule has 1 unspecified atom stereocenters. The van der Waals surface area contributed by atoms with Crippen molar-refractivity contribution in [3.05, 3.63) is 35.9 Å². The molecule has 6 nitrogen and oxygen atoms in total. The Labute approximate surface area is 122 Å². The summed E-state index contributed by atoms with van der Waals surface area (Å²) >= 11 is 1.15. The third-order valence-corrected chi connectivity index (χ3v) is 3.23. The Bertz CT molecular complexity index is 502. The Morgan fingerprint density at radius 3 is 2.45 bits per heavy atom. The molecule has 20 heavy (non-hydrogen) atoms. The normalized spacial score (nSPS) is 11.5. The summed E-state index contributed by atoms with van der Waals surface area (Å²) in [6.45, 7) is 11.4.